The summed E-state index contributed by atoms with van der Waals surface area (Å²) in [6, 6.07) is 0. The fourth-order valence-electron chi connectivity index (χ4n) is 1.95. The van der Waals surface area contributed by atoms with Crippen molar-refractivity contribution < 1.29 is 47.6 Å². The van der Waals surface area contributed by atoms with E-state index in [-0.39, 0.29) is 36.0 Å². The van der Waals surface area contributed by atoms with Crippen LogP contribution in [0.25, 0.3) is 0 Å². The van der Waals surface area contributed by atoms with E-state index in [1.54, 1.807) is 0 Å². The largest absolute Gasteiger partial charge is 1.00 e. The fraction of sp³-hybridized carbons (Fsp3) is 1.00. The molecule has 0 saturated carbocycles. The number of hydrogen-bond donors (Lipinski definition) is 1. The normalized spacial score (nSPS) is 13.0. The van der Waals surface area contributed by atoms with Crippen molar-refractivity contribution in [1.29, 1.82) is 0 Å². The first-order valence-electron chi connectivity index (χ1n) is 7.11. The van der Waals surface area contributed by atoms with Crippen molar-refractivity contribution in [2.45, 2.75) is 83.0 Å². The summed E-state index contributed by atoms with van der Waals surface area (Å²) in [5.41, 5.74) is -1.72. The summed E-state index contributed by atoms with van der Waals surface area (Å²) < 4.78 is 31.3. The van der Waals surface area contributed by atoms with E-state index < -0.39 is 15.6 Å². The quantitative estimate of drug-likeness (QED) is 0.317. The Morgan fingerprint density at radius 3 is 1.63 bits per heavy atom. The van der Waals surface area contributed by atoms with Crippen LogP contribution in [0.1, 0.15) is 77.6 Å². The molecule has 0 amide bonds. The van der Waals surface area contributed by atoms with Crippen molar-refractivity contribution in [1.82, 2.24) is 0 Å². The number of aliphatic hydroxyl groups is 1. The first-order chi connectivity index (χ1) is 8.48. The Balaban J connectivity index is 0. The number of rotatable bonds is 12. The molecule has 19 heavy (non-hydrogen) atoms. The predicted octanol–water partition coefficient (Wildman–Crippen LogP) is 0.165. The van der Waals surface area contributed by atoms with Gasteiger partial charge in [-0.25, -0.2) is 8.42 Å². The third-order valence-corrected chi connectivity index (χ3v) is 4.04. The molecule has 1 atom stereocenters. The summed E-state index contributed by atoms with van der Waals surface area (Å²) >= 11 is 0. The van der Waals surface area contributed by atoms with Gasteiger partial charge in [0.05, 0.1) is 0 Å². The van der Waals surface area contributed by atoms with E-state index in [0.717, 1.165) is 19.3 Å². The Hall–Kier alpha value is 0.870. The summed E-state index contributed by atoms with van der Waals surface area (Å²) in [6.07, 6.45) is 11.5. The molecule has 6 heteroatoms. The van der Waals surface area contributed by atoms with Crippen LogP contribution in [0.5, 0.6) is 0 Å². The smallest absolute Gasteiger partial charge is 0.746 e. The van der Waals surface area contributed by atoms with Gasteiger partial charge in [0.15, 0.2) is 0 Å². The number of aliphatic hydroxyl groups excluding tert-OH is 1. The molecule has 0 aliphatic carbocycles. The Kier molecular flexibility index (Phi) is 16.1. The van der Waals surface area contributed by atoms with E-state index in [0.29, 0.717) is 6.42 Å². The summed E-state index contributed by atoms with van der Waals surface area (Å²) in [7, 11) is -4.51. The van der Waals surface area contributed by atoms with Crippen LogP contribution in [-0.4, -0.2) is 23.5 Å². The molecule has 0 aliphatic heterocycles. The molecule has 0 aromatic rings. The monoisotopic (exact) mass is 302 g/mol. The second-order valence-electron chi connectivity index (χ2n) is 4.92. The molecule has 4 nitrogen and oxygen atoms in total. The molecule has 0 rings (SSSR count). The van der Waals surface area contributed by atoms with Gasteiger partial charge in [0.25, 0.3) is 0 Å². The van der Waals surface area contributed by atoms with Crippen LogP contribution < -0.4 is 29.6 Å². The van der Waals surface area contributed by atoms with Crippen molar-refractivity contribution in [3.8, 4) is 0 Å². The van der Waals surface area contributed by atoms with Crippen molar-refractivity contribution in [3.05, 3.63) is 0 Å². The first-order valence-corrected chi connectivity index (χ1v) is 8.58. The molecule has 0 aliphatic rings. The molecule has 110 valence electrons. The van der Waals surface area contributed by atoms with Crippen LogP contribution in [0, 0.1) is 0 Å². The van der Waals surface area contributed by atoms with Gasteiger partial charge in [0.2, 0.25) is 0 Å². The molecule has 0 aromatic heterocycles. The molecule has 0 bridgehead atoms. The van der Waals surface area contributed by atoms with Crippen molar-refractivity contribution in [2.75, 3.05) is 0 Å². The average molecular weight is 302 g/mol. The van der Waals surface area contributed by atoms with Gasteiger partial charge in [-0.05, 0) is 12.8 Å². The topological polar surface area (TPSA) is 77.4 Å². The van der Waals surface area contributed by atoms with Gasteiger partial charge in [-0.3, -0.25) is 0 Å². The zero-order valence-electron chi connectivity index (χ0n) is 12.4. The minimum atomic E-state index is -4.51. The first kappa shape index (κ1) is 22.2. The Bertz CT molecular complexity index is 280. The summed E-state index contributed by atoms with van der Waals surface area (Å²) in [5, 5.41) is 9.01. The summed E-state index contributed by atoms with van der Waals surface area (Å²) in [4.78, 5) is 0. The van der Waals surface area contributed by atoms with Crippen molar-refractivity contribution >= 4 is 10.1 Å². The van der Waals surface area contributed by atoms with Gasteiger partial charge in [-0.1, -0.05) is 64.7 Å². The minimum Gasteiger partial charge on any atom is -0.746 e. The minimum absolute atomic E-state index is 0. The fourth-order valence-corrected chi connectivity index (χ4v) is 2.41. The Morgan fingerprint density at radius 2 is 1.26 bits per heavy atom. The van der Waals surface area contributed by atoms with E-state index in [1.165, 1.54) is 38.5 Å². The van der Waals surface area contributed by atoms with Crippen LogP contribution in [-0.2, 0) is 10.1 Å². The van der Waals surface area contributed by atoms with E-state index in [9.17, 15) is 13.0 Å². The van der Waals surface area contributed by atoms with Gasteiger partial charge >= 0.3 is 29.6 Å². The number of hydrogen-bond acceptors (Lipinski definition) is 4. The van der Waals surface area contributed by atoms with Crippen LogP contribution >= 0.6 is 0 Å². The maximum atomic E-state index is 10.4. The molecular weight excluding hydrogens is 275 g/mol. The molecule has 1 unspecified atom stereocenters. The van der Waals surface area contributed by atoms with E-state index in [1.807, 2.05) is 0 Å². The Labute approximate surface area is 140 Å². The van der Waals surface area contributed by atoms with Gasteiger partial charge in [0, 0.05) is 0 Å². The van der Waals surface area contributed by atoms with E-state index >= 15 is 0 Å². The molecule has 0 aromatic carbocycles. The molecule has 0 heterocycles. The predicted molar refractivity (Wildman–Crippen MR) is 72.2 cm³/mol. The molecule has 0 spiro atoms. The molecule has 0 fully saturated rings. The molecular formula is C13H27NaO4S. The third-order valence-electron chi connectivity index (χ3n) is 3.14. The average Bonchev–Trinajstić information content (AvgIpc) is 2.30. The second-order valence-corrected chi connectivity index (χ2v) is 6.45. The summed E-state index contributed by atoms with van der Waals surface area (Å²) in [5.74, 6) is 0. The standard InChI is InChI=1S/C13H28O4S.Na/c1-2-3-4-5-6-7-8-9-10-11-12-13(14)18(15,16)17;/h13-14H,2-12H2,1H3,(H,15,16,17);/q;+1/p-1. The zero-order chi connectivity index (χ0) is 13.9. The third kappa shape index (κ3) is 15.1. The Morgan fingerprint density at radius 1 is 0.895 bits per heavy atom. The van der Waals surface area contributed by atoms with Crippen LogP contribution in [0.15, 0.2) is 0 Å². The summed E-state index contributed by atoms with van der Waals surface area (Å²) in [6.45, 7) is 2.20. The van der Waals surface area contributed by atoms with Gasteiger partial charge in [-0.15, -0.1) is 0 Å². The van der Waals surface area contributed by atoms with Crippen molar-refractivity contribution in [2.24, 2.45) is 0 Å². The van der Waals surface area contributed by atoms with Crippen molar-refractivity contribution in [3.63, 3.8) is 0 Å². The van der Waals surface area contributed by atoms with Gasteiger partial charge in [0.1, 0.15) is 15.6 Å². The van der Waals surface area contributed by atoms with Gasteiger partial charge in [-0.2, -0.15) is 0 Å². The van der Waals surface area contributed by atoms with E-state index in [2.05, 4.69) is 6.92 Å². The molecule has 1 N–H and O–H groups in total. The SMILES string of the molecule is CCCCCCCCCCCCC(O)S(=O)(=O)[O-].[Na+]. The zero-order valence-corrected chi connectivity index (χ0v) is 15.3. The maximum Gasteiger partial charge on any atom is 1.00 e. The van der Waals surface area contributed by atoms with Crippen LogP contribution in [0.4, 0.5) is 0 Å². The molecule has 0 radical (unpaired) electrons. The van der Waals surface area contributed by atoms with Crippen LogP contribution in [0.3, 0.4) is 0 Å². The van der Waals surface area contributed by atoms with E-state index in [4.69, 9.17) is 5.11 Å². The second kappa shape index (κ2) is 13.8. The number of unbranched alkanes of at least 4 members (excludes halogenated alkanes) is 9. The van der Waals surface area contributed by atoms with Gasteiger partial charge < -0.3 is 9.66 Å². The van der Waals surface area contributed by atoms with Crippen LogP contribution in [0.2, 0.25) is 0 Å². The molecule has 0 saturated heterocycles. The maximum absolute atomic E-state index is 10.4.